The van der Waals surface area contributed by atoms with E-state index in [0.717, 1.165) is 11.5 Å². The average Bonchev–Trinajstić information content (AvgIpc) is 3.47. The van der Waals surface area contributed by atoms with Crippen molar-refractivity contribution in [2.75, 3.05) is 82.9 Å². The molecule has 1 amide bonds. The topological polar surface area (TPSA) is 158 Å². The van der Waals surface area contributed by atoms with Crippen molar-refractivity contribution in [2.45, 2.75) is 47.2 Å². The number of carbonyl (C=O) groups excluding carboxylic acids is 4. The average molecular weight is 665 g/mol. The van der Waals surface area contributed by atoms with Crippen molar-refractivity contribution in [3.8, 4) is 0 Å². The number of nitrogens with zero attached hydrogens (tertiary/aromatic N) is 4. The number of amides is 1. The highest BCUT2D eigenvalue weighted by atomic mass is 32.2. The molecule has 0 fully saturated rings. The van der Waals surface area contributed by atoms with Gasteiger partial charge in [0.15, 0.2) is 0 Å². The summed E-state index contributed by atoms with van der Waals surface area (Å²) in [5, 5.41) is 8.15. The van der Waals surface area contributed by atoms with Gasteiger partial charge in [0.25, 0.3) is 0 Å². The second kappa shape index (κ2) is 24.7. The number of hydrogen-bond acceptors (Lipinski definition) is 14. The first kappa shape index (κ1) is 39.5. The summed E-state index contributed by atoms with van der Waals surface area (Å²) in [6.07, 6.45) is 0.827. The van der Waals surface area contributed by atoms with E-state index in [2.05, 4.69) is 10.3 Å². The van der Waals surface area contributed by atoms with Crippen LogP contribution >= 0.6 is 23.5 Å². The lowest BCUT2D eigenvalue weighted by Gasteiger charge is -2.21. The van der Waals surface area contributed by atoms with Gasteiger partial charge in [0.2, 0.25) is 0 Å². The van der Waals surface area contributed by atoms with Gasteiger partial charge >= 0.3 is 24.0 Å². The Morgan fingerprint density at radius 3 is 2.02 bits per heavy atom. The van der Waals surface area contributed by atoms with Crippen LogP contribution in [-0.4, -0.2) is 127 Å². The van der Waals surface area contributed by atoms with Crippen LogP contribution in [0.1, 0.15) is 39.8 Å². The molecule has 16 heteroatoms. The number of ether oxygens (including phenoxy) is 6. The molecular formula is C28H48N4O10S2. The molecule has 44 heavy (non-hydrogen) atoms. The van der Waals surface area contributed by atoms with Gasteiger partial charge in [-0.1, -0.05) is 32.9 Å². The van der Waals surface area contributed by atoms with E-state index in [1.165, 1.54) is 4.90 Å². The third kappa shape index (κ3) is 18.3. The molecular weight excluding hydrogens is 616 g/mol. The molecule has 1 rings (SSSR count). The van der Waals surface area contributed by atoms with Crippen molar-refractivity contribution in [3.63, 3.8) is 0 Å². The molecule has 14 nitrogen and oxygen atoms in total. The number of aromatic nitrogens is 3. The smallest absolute Gasteiger partial charge is 0.410 e. The van der Waals surface area contributed by atoms with Crippen LogP contribution in [0.5, 0.6) is 0 Å². The Labute approximate surface area is 268 Å². The number of carbonyl (C=O) groups is 4. The first-order chi connectivity index (χ1) is 21.2. The summed E-state index contributed by atoms with van der Waals surface area (Å²) in [5.74, 6) is 1.34. The van der Waals surface area contributed by atoms with Crippen molar-refractivity contribution >= 4 is 47.5 Å². The summed E-state index contributed by atoms with van der Waals surface area (Å²) in [7, 11) is 1.59. The van der Waals surface area contributed by atoms with Crippen LogP contribution in [-0.2, 0) is 55.9 Å². The Kier molecular flexibility index (Phi) is 22.2. The highest BCUT2D eigenvalue weighted by Gasteiger charge is 2.21. The number of rotatable bonds is 25. The normalized spacial score (nSPS) is 12.3. The fraction of sp³-hybridized carbons (Fsp3) is 0.786. The van der Waals surface area contributed by atoms with Crippen LogP contribution in [0.2, 0.25) is 0 Å². The molecule has 0 aliphatic carbocycles. The SMILES string of the molecule is CCSCC(C)C(=O)OCCOC(=O)CCN(Cc1cn(CCOCCOC)nn1)C(=O)OCCOC(=O)C(C)CSCC. The van der Waals surface area contributed by atoms with E-state index in [4.69, 9.17) is 28.4 Å². The summed E-state index contributed by atoms with van der Waals surface area (Å²) in [4.78, 5) is 50.6. The molecule has 2 unspecified atom stereocenters. The predicted octanol–water partition coefficient (Wildman–Crippen LogP) is 2.68. The molecule has 0 N–H and O–H groups in total. The molecule has 1 heterocycles. The summed E-state index contributed by atoms with van der Waals surface area (Å²) >= 11 is 3.29. The molecule has 0 saturated carbocycles. The maximum absolute atomic E-state index is 12.9. The number of methoxy groups -OCH3 is 1. The van der Waals surface area contributed by atoms with E-state index in [0.29, 0.717) is 43.6 Å². The van der Waals surface area contributed by atoms with Crippen LogP contribution in [0.3, 0.4) is 0 Å². The van der Waals surface area contributed by atoms with Crippen LogP contribution < -0.4 is 0 Å². The molecule has 0 aliphatic rings. The van der Waals surface area contributed by atoms with E-state index >= 15 is 0 Å². The summed E-state index contributed by atoms with van der Waals surface area (Å²) in [6.45, 7) is 9.02. The van der Waals surface area contributed by atoms with Gasteiger partial charge in [-0.25, -0.2) is 9.48 Å². The van der Waals surface area contributed by atoms with Crippen LogP contribution in [0, 0.1) is 11.8 Å². The molecule has 1 aromatic heterocycles. The minimum atomic E-state index is -0.714. The number of hydrogen-bond donors (Lipinski definition) is 0. The lowest BCUT2D eigenvalue weighted by Crippen LogP contribution is -2.34. The predicted molar refractivity (Wildman–Crippen MR) is 166 cm³/mol. The van der Waals surface area contributed by atoms with Crippen molar-refractivity contribution in [2.24, 2.45) is 11.8 Å². The number of esters is 3. The Hall–Kier alpha value is -2.56. The summed E-state index contributed by atoms with van der Waals surface area (Å²) in [6, 6.07) is 0. The third-order valence-electron chi connectivity index (χ3n) is 5.77. The maximum Gasteiger partial charge on any atom is 0.410 e. The molecule has 252 valence electrons. The van der Waals surface area contributed by atoms with Crippen molar-refractivity contribution in [1.82, 2.24) is 19.9 Å². The van der Waals surface area contributed by atoms with E-state index in [1.54, 1.807) is 55.4 Å². The monoisotopic (exact) mass is 664 g/mol. The molecule has 0 radical (unpaired) electrons. The van der Waals surface area contributed by atoms with Gasteiger partial charge in [0, 0.05) is 25.2 Å². The van der Waals surface area contributed by atoms with Crippen molar-refractivity contribution in [1.29, 1.82) is 0 Å². The van der Waals surface area contributed by atoms with E-state index in [-0.39, 0.29) is 69.7 Å². The Morgan fingerprint density at radius 2 is 1.43 bits per heavy atom. The Morgan fingerprint density at radius 1 is 0.841 bits per heavy atom. The van der Waals surface area contributed by atoms with E-state index < -0.39 is 12.1 Å². The minimum Gasteiger partial charge on any atom is -0.462 e. The largest absolute Gasteiger partial charge is 0.462 e. The van der Waals surface area contributed by atoms with Gasteiger partial charge in [0.05, 0.1) is 57.4 Å². The Balaban J connectivity index is 2.60. The zero-order chi connectivity index (χ0) is 32.6. The molecule has 1 aromatic rings. The highest BCUT2D eigenvalue weighted by Crippen LogP contribution is 2.11. The fourth-order valence-electron chi connectivity index (χ4n) is 3.32. The zero-order valence-corrected chi connectivity index (χ0v) is 28.2. The lowest BCUT2D eigenvalue weighted by molar-refractivity contribution is -0.154. The van der Waals surface area contributed by atoms with Crippen LogP contribution in [0.4, 0.5) is 4.79 Å². The van der Waals surface area contributed by atoms with Crippen LogP contribution in [0.25, 0.3) is 0 Å². The van der Waals surface area contributed by atoms with E-state index in [9.17, 15) is 19.2 Å². The molecule has 0 bridgehead atoms. The second-order valence-corrected chi connectivity index (χ2v) is 12.2. The molecule has 2 atom stereocenters. The van der Waals surface area contributed by atoms with Crippen molar-refractivity contribution < 1.29 is 47.6 Å². The zero-order valence-electron chi connectivity index (χ0n) is 26.5. The molecule has 0 aromatic carbocycles. The van der Waals surface area contributed by atoms with Gasteiger partial charge in [-0.2, -0.15) is 23.5 Å². The van der Waals surface area contributed by atoms with Gasteiger partial charge in [0.1, 0.15) is 32.1 Å². The number of thioether (sulfide) groups is 2. The van der Waals surface area contributed by atoms with Gasteiger partial charge < -0.3 is 33.3 Å². The first-order valence-electron chi connectivity index (χ1n) is 14.7. The van der Waals surface area contributed by atoms with Crippen molar-refractivity contribution in [3.05, 3.63) is 11.9 Å². The Bertz CT molecular complexity index is 969. The second-order valence-electron chi connectivity index (χ2n) is 9.54. The quantitative estimate of drug-likeness (QED) is 0.0853. The van der Waals surface area contributed by atoms with E-state index in [1.807, 2.05) is 13.8 Å². The standard InChI is InChI=1S/C28H48N4O10S2/c1-6-43-20-22(3)26(34)40-15-14-39-25(33)8-9-31(18-24-19-32(30-29-24)10-11-38-13-12-37-5)28(36)42-17-16-41-27(35)23(4)21-44-7-2/h19,22-23H,6-18,20-21H2,1-5H3. The minimum absolute atomic E-state index is 0.0208. The third-order valence-corrected chi connectivity index (χ3v) is 8.06. The first-order valence-corrected chi connectivity index (χ1v) is 17.0. The fourth-order valence-corrected chi connectivity index (χ4v) is 4.77. The van der Waals surface area contributed by atoms with Gasteiger partial charge in [-0.05, 0) is 11.5 Å². The summed E-state index contributed by atoms with van der Waals surface area (Å²) < 4.78 is 32.8. The molecule has 0 spiro atoms. The lowest BCUT2D eigenvalue weighted by atomic mass is 10.2. The highest BCUT2D eigenvalue weighted by molar-refractivity contribution is 7.99. The van der Waals surface area contributed by atoms with Gasteiger partial charge in [-0.15, -0.1) is 5.10 Å². The van der Waals surface area contributed by atoms with Gasteiger partial charge in [-0.3, -0.25) is 14.4 Å². The maximum atomic E-state index is 12.9. The molecule has 0 aliphatic heterocycles. The molecule has 0 saturated heterocycles. The summed E-state index contributed by atoms with van der Waals surface area (Å²) in [5.41, 5.74) is 0.475. The van der Waals surface area contributed by atoms with Crippen LogP contribution in [0.15, 0.2) is 6.20 Å².